The Morgan fingerprint density at radius 1 is 0.458 bits per heavy atom. The van der Waals surface area contributed by atoms with Crippen molar-refractivity contribution in [3.63, 3.8) is 0 Å². The lowest BCUT2D eigenvalue weighted by molar-refractivity contribution is 0.661. The van der Waals surface area contributed by atoms with E-state index < -0.39 is 0 Å². The van der Waals surface area contributed by atoms with Gasteiger partial charge in [0.05, 0.1) is 11.0 Å². The highest BCUT2D eigenvalue weighted by Gasteiger charge is 2.35. The van der Waals surface area contributed by atoms with Crippen LogP contribution in [0.25, 0.3) is 83.2 Å². The van der Waals surface area contributed by atoms with Gasteiger partial charge in [-0.05, 0) is 68.1 Å². The molecule has 0 atom stereocenters. The van der Waals surface area contributed by atoms with Crippen LogP contribution in [0.1, 0.15) is 25.0 Å². The molecule has 9 aromatic rings. The van der Waals surface area contributed by atoms with Crippen LogP contribution in [0.4, 0.5) is 0 Å². The second-order valence-corrected chi connectivity index (χ2v) is 13.3. The fraction of sp³-hybridized carbons (Fsp3) is 0.0682. The van der Waals surface area contributed by atoms with Crippen LogP contribution in [-0.2, 0) is 5.41 Å². The molecule has 1 aliphatic carbocycles. The van der Waals surface area contributed by atoms with E-state index in [9.17, 15) is 0 Å². The molecule has 10 rings (SSSR count). The van der Waals surface area contributed by atoms with Crippen molar-refractivity contribution < 1.29 is 0 Å². The van der Waals surface area contributed by atoms with Gasteiger partial charge >= 0.3 is 0 Å². The zero-order chi connectivity index (χ0) is 32.0. The molecule has 2 aromatic heterocycles. The summed E-state index contributed by atoms with van der Waals surface area (Å²) in [4.78, 5) is 15.2. The fourth-order valence-corrected chi connectivity index (χ4v) is 7.92. The molecule has 48 heavy (non-hydrogen) atoms. The lowest BCUT2D eigenvalue weighted by Crippen LogP contribution is -2.14. The van der Waals surface area contributed by atoms with E-state index in [2.05, 4.69) is 128 Å². The molecule has 0 bridgehead atoms. The predicted octanol–water partition coefficient (Wildman–Crippen LogP) is 10.9. The van der Waals surface area contributed by atoms with E-state index in [1.807, 2.05) is 36.4 Å². The summed E-state index contributed by atoms with van der Waals surface area (Å²) >= 11 is 0. The number of rotatable bonds is 3. The molecular formula is C44H30N4. The summed E-state index contributed by atoms with van der Waals surface area (Å²) in [5, 5.41) is 7.40. The van der Waals surface area contributed by atoms with Gasteiger partial charge in [-0.3, -0.25) is 4.57 Å². The quantitative estimate of drug-likeness (QED) is 0.186. The monoisotopic (exact) mass is 614 g/mol. The third-order valence-electron chi connectivity index (χ3n) is 10.2. The van der Waals surface area contributed by atoms with Crippen molar-refractivity contribution in [2.45, 2.75) is 19.3 Å². The summed E-state index contributed by atoms with van der Waals surface area (Å²) in [6, 6.07) is 51.7. The van der Waals surface area contributed by atoms with E-state index in [1.165, 1.54) is 54.6 Å². The van der Waals surface area contributed by atoms with Gasteiger partial charge in [0.25, 0.3) is 0 Å². The number of para-hydroxylation sites is 1. The van der Waals surface area contributed by atoms with Gasteiger partial charge in [-0.2, -0.15) is 9.97 Å². The fourth-order valence-electron chi connectivity index (χ4n) is 7.92. The molecule has 0 amide bonds. The van der Waals surface area contributed by atoms with Crippen LogP contribution in [0, 0.1) is 0 Å². The number of benzene rings is 7. The number of aromatic nitrogens is 4. The van der Waals surface area contributed by atoms with Crippen LogP contribution in [-0.4, -0.2) is 19.5 Å². The minimum absolute atomic E-state index is 0.0615. The second-order valence-electron chi connectivity index (χ2n) is 13.3. The Bertz CT molecular complexity index is 2680. The highest BCUT2D eigenvalue weighted by Crippen LogP contribution is 2.50. The van der Waals surface area contributed by atoms with Crippen molar-refractivity contribution in [3.8, 4) is 39.9 Å². The maximum absolute atomic E-state index is 5.12. The van der Waals surface area contributed by atoms with Crippen LogP contribution < -0.4 is 0 Å². The van der Waals surface area contributed by atoms with Crippen molar-refractivity contribution in [2.24, 2.45) is 0 Å². The summed E-state index contributed by atoms with van der Waals surface area (Å²) in [6.07, 6.45) is 0. The van der Waals surface area contributed by atoms with E-state index in [-0.39, 0.29) is 5.41 Å². The Kier molecular flexibility index (Phi) is 5.59. The van der Waals surface area contributed by atoms with Gasteiger partial charge in [0.15, 0.2) is 11.6 Å². The number of nitrogens with zero attached hydrogens (tertiary/aromatic N) is 4. The lowest BCUT2D eigenvalue weighted by Gasteiger charge is -2.22. The second kappa shape index (κ2) is 9.93. The SMILES string of the molecule is CC1(C)c2ccccc2-c2cc3ccc4c(ccc5c4c4ccccc4n5-c4nc(-c5ccccc5)nc(-c5ccccc5)n4)c3cc21. The van der Waals surface area contributed by atoms with E-state index in [4.69, 9.17) is 15.0 Å². The highest BCUT2D eigenvalue weighted by molar-refractivity contribution is 6.25. The molecule has 0 fully saturated rings. The molecule has 0 saturated heterocycles. The van der Waals surface area contributed by atoms with E-state index in [1.54, 1.807) is 0 Å². The molecule has 1 aliphatic rings. The molecular weight excluding hydrogens is 585 g/mol. The average Bonchev–Trinajstić information content (AvgIpc) is 3.60. The van der Waals surface area contributed by atoms with Crippen LogP contribution >= 0.6 is 0 Å². The summed E-state index contributed by atoms with van der Waals surface area (Å²) in [7, 11) is 0. The molecule has 0 N–H and O–H groups in total. The molecule has 2 heterocycles. The first-order valence-corrected chi connectivity index (χ1v) is 16.5. The van der Waals surface area contributed by atoms with Crippen molar-refractivity contribution in [2.75, 3.05) is 0 Å². The molecule has 4 nitrogen and oxygen atoms in total. The number of hydrogen-bond donors (Lipinski definition) is 0. The van der Waals surface area contributed by atoms with Gasteiger partial charge < -0.3 is 0 Å². The smallest absolute Gasteiger partial charge is 0.238 e. The summed E-state index contributed by atoms with van der Waals surface area (Å²) in [6.45, 7) is 4.70. The van der Waals surface area contributed by atoms with Gasteiger partial charge in [0, 0.05) is 27.3 Å². The van der Waals surface area contributed by atoms with Gasteiger partial charge in [0.1, 0.15) is 0 Å². The third kappa shape index (κ3) is 3.80. The van der Waals surface area contributed by atoms with Gasteiger partial charge in [-0.15, -0.1) is 0 Å². The van der Waals surface area contributed by atoms with Crippen LogP contribution in [0.15, 0.2) is 146 Å². The Morgan fingerprint density at radius 3 is 1.85 bits per heavy atom. The zero-order valence-corrected chi connectivity index (χ0v) is 26.6. The van der Waals surface area contributed by atoms with Crippen molar-refractivity contribution >= 4 is 43.4 Å². The largest absolute Gasteiger partial charge is 0.278 e. The van der Waals surface area contributed by atoms with Gasteiger partial charge in [-0.25, -0.2) is 4.98 Å². The minimum Gasteiger partial charge on any atom is -0.278 e. The first kappa shape index (κ1) is 27.0. The molecule has 0 spiro atoms. The van der Waals surface area contributed by atoms with E-state index in [0.29, 0.717) is 17.6 Å². The zero-order valence-electron chi connectivity index (χ0n) is 26.6. The maximum Gasteiger partial charge on any atom is 0.238 e. The Balaban J connectivity index is 1.26. The molecule has 4 heteroatoms. The summed E-state index contributed by atoms with van der Waals surface area (Å²) < 4.78 is 2.21. The van der Waals surface area contributed by atoms with Crippen LogP contribution in [0.5, 0.6) is 0 Å². The Hall–Kier alpha value is -6.13. The van der Waals surface area contributed by atoms with Crippen molar-refractivity contribution in [3.05, 3.63) is 157 Å². The lowest BCUT2D eigenvalue weighted by atomic mass is 9.81. The van der Waals surface area contributed by atoms with E-state index in [0.717, 1.165) is 22.2 Å². The van der Waals surface area contributed by atoms with Crippen molar-refractivity contribution in [1.29, 1.82) is 0 Å². The predicted molar refractivity (Wildman–Crippen MR) is 198 cm³/mol. The van der Waals surface area contributed by atoms with Gasteiger partial charge in [0.2, 0.25) is 5.95 Å². The Labute approximate surface area is 278 Å². The van der Waals surface area contributed by atoms with Crippen molar-refractivity contribution in [1.82, 2.24) is 19.5 Å². The van der Waals surface area contributed by atoms with Crippen LogP contribution in [0.2, 0.25) is 0 Å². The Morgan fingerprint density at radius 2 is 1.10 bits per heavy atom. The first-order chi connectivity index (χ1) is 23.6. The summed E-state index contributed by atoms with van der Waals surface area (Å²) in [5.41, 5.74) is 9.45. The molecule has 0 radical (unpaired) electrons. The standard InChI is InChI=1S/C44H30N4/c1-44(2)36-19-11-9-17-31(36)35-25-29-21-22-32-30(34(29)26-37(35)44)23-24-39-40(32)33-18-10-12-20-38(33)48(39)43-46-41(27-13-5-3-6-14-27)45-42(47-43)28-15-7-4-8-16-28/h3-26H,1-2H3. The van der Waals surface area contributed by atoms with E-state index >= 15 is 0 Å². The normalized spacial score (nSPS) is 13.4. The highest BCUT2D eigenvalue weighted by atomic mass is 15.2. The molecule has 0 saturated carbocycles. The minimum atomic E-state index is -0.0615. The topological polar surface area (TPSA) is 43.6 Å². The van der Waals surface area contributed by atoms with Crippen LogP contribution in [0.3, 0.4) is 0 Å². The summed E-state index contributed by atoms with van der Waals surface area (Å²) in [5.74, 6) is 1.90. The molecule has 0 aliphatic heterocycles. The molecule has 0 unspecified atom stereocenters. The molecule has 7 aromatic carbocycles. The first-order valence-electron chi connectivity index (χ1n) is 16.5. The van der Waals surface area contributed by atoms with Gasteiger partial charge in [-0.1, -0.05) is 135 Å². The maximum atomic E-state index is 5.12. The molecule has 226 valence electrons. The average molecular weight is 615 g/mol. The number of fused-ring (bicyclic) bond motifs is 10. The number of hydrogen-bond acceptors (Lipinski definition) is 3. The third-order valence-corrected chi connectivity index (χ3v) is 10.2.